The number of alkyl halides is 2. The summed E-state index contributed by atoms with van der Waals surface area (Å²) < 4.78 is 83.3. The zero-order valence-electron chi connectivity index (χ0n) is 22.2. The standard InChI is InChI=1S/C20H23F2N9O12P2/c21-8-6(1-32)40-19(31-5-27-11-15(31)28-20(23)29-17(11)34)13(8)43-45(37,38)39-2-7-12(42-44(35)36)9(22)18(41-7)30-4-26-10-14(30)24-3-25-16(10)33/h3-9,12-13,18-19,32,44H,1-2H2,(H,35,36)(H,37,38)(H,24,25,33)(H3,23,28,29,34)/t6-,7-,8-,9-,12-,13-,18-,19-/m1/s1. The first-order chi connectivity index (χ1) is 21.4. The van der Waals surface area contributed by atoms with Gasteiger partial charge in [0.15, 0.2) is 47.1 Å². The molecule has 0 radical (unpaired) electrons. The third-order valence-electron chi connectivity index (χ3n) is 6.97. The summed E-state index contributed by atoms with van der Waals surface area (Å²) in [5, 5.41) is 9.59. The van der Waals surface area contributed by atoms with Crippen LogP contribution in [0.4, 0.5) is 14.7 Å². The van der Waals surface area contributed by atoms with E-state index in [1.165, 1.54) is 0 Å². The fourth-order valence-electron chi connectivity index (χ4n) is 5.02. The van der Waals surface area contributed by atoms with E-state index in [-0.39, 0.29) is 28.3 Å². The van der Waals surface area contributed by atoms with Crippen LogP contribution in [0.5, 0.6) is 0 Å². The third-order valence-corrected chi connectivity index (χ3v) is 8.43. The SMILES string of the molecule is Nc1nc2c(ncn2[C@@H]2O[C@H](CO)[C@@H](F)[C@H]2OP(=O)(O)OC[C@H]2O[C@@H](n3cnc4c(=O)[nH]cnc43)[C@H](F)[C@@H]2O[PH](=O)O)c(=O)[nH]1. The Kier molecular flexibility index (Phi) is 8.41. The molecule has 2 fully saturated rings. The lowest BCUT2D eigenvalue weighted by molar-refractivity contribution is -0.0589. The number of imidazole rings is 2. The Labute approximate surface area is 247 Å². The van der Waals surface area contributed by atoms with Gasteiger partial charge in [-0.1, -0.05) is 0 Å². The van der Waals surface area contributed by atoms with Crippen molar-refractivity contribution in [2.75, 3.05) is 18.9 Å². The smallest absolute Gasteiger partial charge is 0.394 e. The van der Waals surface area contributed by atoms with Gasteiger partial charge in [-0.3, -0.25) is 37.3 Å². The van der Waals surface area contributed by atoms with E-state index in [1.54, 1.807) is 0 Å². The van der Waals surface area contributed by atoms with Crippen LogP contribution >= 0.6 is 16.1 Å². The van der Waals surface area contributed by atoms with Gasteiger partial charge in [0, 0.05) is 0 Å². The quantitative estimate of drug-likeness (QED) is 0.105. The molecule has 2 unspecified atom stereocenters. The van der Waals surface area contributed by atoms with Gasteiger partial charge in [-0.25, -0.2) is 28.3 Å². The number of nitrogens with zero attached hydrogens (tertiary/aromatic N) is 6. The maximum atomic E-state index is 15.5. The highest BCUT2D eigenvalue weighted by molar-refractivity contribution is 7.47. The average molecular weight is 681 g/mol. The van der Waals surface area contributed by atoms with Gasteiger partial charge in [-0.2, -0.15) is 4.98 Å². The summed E-state index contributed by atoms with van der Waals surface area (Å²) >= 11 is 0. The predicted octanol–water partition coefficient (Wildman–Crippen LogP) is -1.43. The number of H-pyrrole nitrogens is 2. The fourth-order valence-corrected chi connectivity index (χ4v) is 6.46. The van der Waals surface area contributed by atoms with E-state index in [0.29, 0.717) is 0 Å². The lowest BCUT2D eigenvalue weighted by atomic mass is 10.1. The van der Waals surface area contributed by atoms with E-state index in [9.17, 15) is 33.6 Å². The summed E-state index contributed by atoms with van der Waals surface area (Å²) in [4.78, 5) is 64.1. The lowest BCUT2D eigenvalue weighted by Gasteiger charge is -2.24. The molecule has 0 amide bonds. The molecule has 4 aromatic rings. The van der Waals surface area contributed by atoms with Gasteiger partial charge in [0.1, 0.15) is 24.4 Å². The number of rotatable bonds is 10. The van der Waals surface area contributed by atoms with Gasteiger partial charge in [0.25, 0.3) is 11.1 Å². The van der Waals surface area contributed by atoms with Crippen LogP contribution in [-0.4, -0.2) is 104 Å². The zero-order valence-corrected chi connectivity index (χ0v) is 24.1. The molecule has 25 heteroatoms. The van der Waals surface area contributed by atoms with Crippen molar-refractivity contribution in [3.63, 3.8) is 0 Å². The second kappa shape index (κ2) is 12.0. The van der Waals surface area contributed by atoms with E-state index in [2.05, 4.69) is 29.9 Å². The summed E-state index contributed by atoms with van der Waals surface area (Å²) in [6, 6.07) is 0. The molecule has 7 N–H and O–H groups in total. The molecule has 45 heavy (non-hydrogen) atoms. The maximum Gasteiger partial charge on any atom is 0.472 e. The molecular weight excluding hydrogens is 658 g/mol. The topological polar surface area (TPSA) is 294 Å². The Morgan fingerprint density at radius 2 is 1.69 bits per heavy atom. The number of aromatic amines is 2. The van der Waals surface area contributed by atoms with Crippen molar-refractivity contribution in [1.82, 2.24) is 39.0 Å². The van der Waals surface area contributed by atoms with Crippen molar-refractivity contribution in [2.24, 2.45) is 0 Å². The summed E-state index contributed by atoms with van der Waals surface area (Å²) in [5.41, 5.74) is 3.50. The van der Waals surface area contributed by atoms with E-state index >= 15 is 8.78 Å². The number of aliphatic hydroxyl groups is 1. The number of phosphoric ester groups is 1. The summed E-state index contributed by atoms with van der Waals surface area (Å²) in [7, 11) is -9.10. The summed E-state index contributed by atoms with van der Waals surface area (Å²) in [6.07, 6.45) is -11.6. The molecular formula is C20H23F2N9O12P2. The number of aliphatic hydroxyl groups excluding tert-OH is 1. The van der Waals surface area contributed by atoms with Crippen molar-refractivity contribution < 1.29 is 55.8 Å². The number of nitrogens with two attached hydrogens (primary N) is 1. The Hall–Kier alpha value is -3.50. The molecule has 0 aromatic carbocycles. The number of anilines is 1. The molecule has 2 aliphatic heterocycles. The first-order valence-electron chi connectivity index (χ1n) is 12.8. The van der Waals surface area contributed by atoms with Crippen LogP contribution in [0.3, 0.4) is 0 Å². The summed E-state index contributed by atoms with van der Waals surface area (Å²) in [5.74, 6) is -0.328. The van der Waals surface area contributed by atoms with Gasteiger partial charge in [0.2, 0.25) is 5.95 Å². The molecule has 21 nitrogen and oxygen atoms in total. The Morgan fingerprint density at radius 3 is 2.38 bits per heavy atom. The Morgan fingerprint density at radius 1 is 1.02 bits per heavy atom. The highest BCUT2D eigenvalue weighted by atomic mass is 31.2. The Bertz CT molecular complexity index is 1920. The molecule has 0 bridgehead atoms. The van der Waals surface area contributed by atoms with E-state index in [1.807, 2.05) is 0 Å². The Balaban J connectivity index is 1.23. The number of hydrogen-bond acceptors (Lipinski definition) is 15. The molecule has 244 valence electrons. The number of ether oxygens (including phenoxy) is 2. The van der Waals surface area contributed by atoms with Gasteiger partial charge in [-0.05, 0) is 0 Å². The maximum absolute atomic E-state index is 15.5. The van der Waals surface area contributed by atoms with Crippen molar-refractivity contribution in [3.05, 3.63) is 39.7 Å². The molecule has 6 heterocycles. The molecule has 10 atom stereocenters. The minimum Gasteiger partial charge on any atom is -0.394 e. The van der Waals surface area contributed by atoms with Crippen LogP contribution in [-0.2, 0) is 32.2 Å². The van der Waals surface area contributed by atoms with Crippen LogP contribution in [0.2, 0.25) is 0 Å². The van der Waals surface area contributed by atoms with Crippen LogP contribution in [0.25, 0.3) is 22.3 Å². The largest absolute Gasteiger partial charge is 0.472 e. The summed E-state index contributed by atoms with van der Waals surface area (Å²) in [6.45, 7) is -1.87. The fraction of sp³-hybridized carbons (Fsp3) is 0.500. The third kappa shape index (κ3) is 5.83. The number of aromatic nitrogens is 8. The number of phosphoric acid groups is 1. The minimum atomic E-state index is -5.31. The molecule has 0 aliphatic carbocycles. The normalized spacial score (nSPS) is 30.7. The minimum absolute atomic E-state index is 0.107. The monoisotopic (exact) mass is 681 g/mol. The first kappa shape index (κ1) is 31.5. The predicted molar refractivity (Wildman–Crippen MR) is 142 cm³/mol. The van der Waals surface area contributed by atoms with E-state index in [0.717, 1.165) is 28.1 Å². The first-order valence-corrected chi connectivity index (χ1v) is 15.5. The number of fused-ring (bicyclic) bond motifs is 2. The van der Waals surface area contributed by atoms with Crippen LogP contribution in [0.15, 0.2) is 28.6 Å². The van der Waals surface area contributed by atoms with Crippen LogP contribution in [0.1, 0.15) is 12.5 Å². The second-order valence-electron chi connectivity index (χ2n) is 9.72. The molecule has 2 aliphatic rings. The molecule has 0 saturated carbocycles. The van der Waals surface area contributed by atoms with Gasteiger partial charge in [0.05, 0.1) is 32.2 Å². The van der Waals surface area contributed by atoms with Gasteiger partial charge < -0.3 is 39.6 Å². The van der Waals surface area contributed by atoms with Crippen LogP contribution < -0.4 is 16.9 Å². The number of hydrogen-bond donors (Lipinski definition) is 6. The second-order valence-corrected chi connectivity index (χ2v) is 11.9. The number of nitrogens with one attached hydrogen (secondary N) is 2. The number of halogens is 2. The highest BCUT2D eigenvalue weighted by Crippen LogP contribution is 2.51. The van der Waals surface area contributed by atoms with Crippen molar-refractivity contribution in [3.8, 4) is 0 Å². The van der Waals surface area contributed by atoms with Crippen molar-refractivity contribution in [1.29, 1.82) is 0 Å². The lowest BCUT2D eigenvalue weighted by Crippen LogP contribution is -2.34. The highest BCUT2D eigenvalue weighted by Gasteiger charge is 2.52. The molecule has 2 saturated heterocycles. The van der Waals surface area contributed by atoms with E-state index < -0.39 is 89.6 Å². The zero-order chi connectivity index (χ0) is 32.2. The van der Waals surface area contributed by atoms with E-state index in [4.69, 9.17) is 28.8 Å². The molecule has 6 rings (SSSR count). The number of nitrogen functional groups attached to an aromatic ring is 1. The van der Waals surface area contributed by atoms with Crippen LogP contribution in [0, 0.1) is 0 Å². The van der Waals surface area contributed by atoms with Gasteiger partial charge in [-0.15, -0.1) is 0 Å². The van der Waals surface area contributed by atoms with Crippen molar-refractivity contribution in [2.45, 2.75) is 49.2 Å². The van der Waals surface area contributed by atoms with Gasteiger partial charge >= 0.3 is 16.1 Å². The molecule has 0 spiro atoms. The average Bonchev–Trinajstić information content (AvgIpc) is 3.73. The molecule has 4 aromatic heterocycles. The van der Waals surface area contributed by atoms with Crippen molar-refractivity contribution >= 4 is 44.4 Å².